The van der Waals surface area contributed by atoms with Gasteiger partial charge in [0.2, 0.25) is 5.91 Å². The Kier molecular flexibility index (Phi) is 40.9. The second-order valence-corrected chi connectivity index (χ2v) is 19.8. The normalized spacial score (nSPS) is 16.1. The number of rotatable bonds is 24. The fourth-order valence-electron chi connectivity index (χ4n) is 6.90. The van der Waals surface area contributed by atoms with Gasteiger partial charge in [-0.3, -0.25) is 19.1 Å². The van der Waals surface area contributed by atoms with E-state index in [4.69, 9.17) is 20.9 Å². The number of halogens is 1. The molecule has 3 saturated heterocycles. The van der Waals surface area contributed by atoms with Crippen LogP contribution in [0.25, 0.3) is 0 Å². The Morgan fingerprint density at radius 2 is 1.31 bits per heavy atom. The molecule has 0 spiro atoms. The molecule has 0 radical (unpaired) electrons. The number of alkyl halides is 1. The maximum Gasteiger partial charge on any atom is 0.315 e. The molecule has 3 unspecified atom stereocenters. The Labute approximate surface area is 451 Å². The number of nitrogens with one attached hydrogen (secondary N) is 3. The van der Waals surface area contributed by atoms with Gasteiger partial charge in [-0.15, -0.1) is 112 Å². The summed E-state index contributed by atoms with van der Waals surface area (Å²) in [7, 11) is -3.83. The van der Waals surface area contributed by atoms with Gasteiger partial charge in [0.05, 0.1) is 24.4 Å². The predicted octanol–water partition coefficient (Wildman–Crippen LogP) is 5.12. The number of unbranched alkanes of at least 4 members (excludes halogenated alkanes) is 4. The maximum atomic E-state index is 11.6. The standard InChI is InChI=1S/C15H23N3O2S.C11H19ClO.C11H20N2O3S.C8H10N4.C7H8N4/c1-2-3-6-9-16-13(19)8-5-4-7-12-14-11(10-21-12)17-15(20)18-14;1-2-3-7-10-13-11-8-5-4-6-9-12;1-2-3-4-5-12-6-8-13(9-7-12)10-11-17(14,15)16;1-3-4-5-6-8-11-9-7(2)10-12-8;1-2-3-4-5-7-10-8-6-9-11-7/h11-12,14H,4-10H2,1H3,(H,16,19)(H2,17,18,20);4-11H2,1H3;4-11H2,1H3,(H,14,15,16);5-6H2,1-2H3;6H,4-5H2,1H3. The molecule has 0 saturated carbocycles. The molecule has 3 fully saturated rings. The van der Waals surface area contributed by atoms with E-state index in [1.54, 1.807) is 13.8 Å². The second-order valence-electron chi connectivity index (χ2n) is 16.6. The van der Waals surface area contributed by atoms with Gasteiger partial charge in [-0.05, 0) is 67.2 Å². The first-order valence-electron chi connectivity index (χ1n) is 25.4. The van der Waals surface area contributed by atoms with Crippen molar-refractivity contribution in [1.82, 2.24) is 66.5 Å². The average molecular weight is 1080 g/mol. The van der Waals surface area contributed by atoms with Crippen LogP contribution in [0.2, 0.25) is 0 Å². The highest BCUT2D eigenvalue weighted by molar-refractivity contribution is 8.00. The molecule has 408 valence electrons. The van der Waals surface area contributed by atoms with Crippen LogP contribution in [0.3, 0.4) is 0 Å². The third kappa shape index (κ3) is 37.6. The Morgan fingerprint density at radius 1 is 0.743 bits per heavy atom. The molecule has 3 aliphatic heterocycles. The van der Waals surface area contributed by atoms with Crippen LogP contribution in [0.5, 0.6) is 0 Å². The average Bonchev–Trinajstić information content (AvgIpc) is 3.96. The minimum Gasteiger partial charge on any atom is -0.380 e. The largest absolute Gasteiger partial charge is 0.380 e. The highest BCUT2D eigenvalue weighted by Gasteiger charge is 2.42. The lowest BCUT2D eigenvalue weighted by molar-refractivity contribution is -0.121. The number of urea groups is 1. The van der Waals surface area contributed by atoms with E-state index in [2.05, 4.69) is 126 Å². The van der Waals surface area contributed by atoms with Crippen LogP contribution in [0.15, 0.2) is 6.33 Å². The quantitative estimate of drug-likeness (QED) is 0.0351. The number of thioether (sulfide) groups is 1. The van der Waals surface area contributed by atoms with Crippen LogP contribution in [-0.4, -0.2) is 169 Å². The third-order valence-corrected chi connectivity index (χ3v) is 13.3. The van der Waals surface area contributed by atoms with Crippen molar-refractivity contribution in [3.63, 3.8) is 0 Å². The smallest absolute Gasteiger partial charge is 0.315 e. The van der Waals surface area contributed by atoms with Crippen molar-refractivity contribution in [1.29, 1.82) is 0 Å². The molecule has 19 nitrogen and oxygen atoms in total. The Balaban J connectivity index is 0.000000473. The second kappa shape index (κ2) is 45.3. The van der Waals surface area contributed by atoms with Crippen molar-refractivity contribution in [2.75, 3.05) is 76.4 Å². The van der Waals surface area contributed by atoms with Gasteiger partial charge < -0.3 is 20.7 Å². The summed E-state index contributed by atoms with van der Waals surface area (Å²) in [6.45, 7) is 18.1. The van der Waals surface area contributed by atoms with E-state index in [0.29, 0.717) is 42.2 Å². The number of amides is 3. The van der Waals surface area contributed by atoms with Gasteiger partial charge in [-0.1, -0.05) is 19.3 Å². The topological polar surface area (TPSA) is 243 Å². The minimum absolute atomic E-state index is 0.0372. The number of aromatic nitrogens is 8. The number of carbonyl (C=O) groups is 2. The van der Waals surface area contributed by atoms with E-state index < -0.39 is 10.1 Å². The maximum absolute atomic E-state index is 11.6. The molecule has 2 aromatic rings. The summed E-state index contributed by atoms with van der Waals surface area (Å²) >= 11 is 7.47. The van der Waals surface area contributed by atoms with E-state index in [-0.39, 0.29) is 29.8 Å². The minimum atomic E-state index is -3.83. The summed E-state index contributed by atoms with van der Waals surface area (Å²) in [5.74, 6) is 32.5. The van der Waals surface area contributed by atoms with E-state index in [1.807, 2.05) is 39.5 Å². The first kappa shape index (κ1) is 66.9. The zero-order chi connectivity index (χ0) is 54.3. The zero-order valence-electron chi connectivity index (χ0n) is 44.6. The monoisotopic (exact) mass is 1080 g/mol. The van der Waals surface area contributed by atoms with E-state index in [1.165, 1.54) is 19.2 Å². The molecule has 3 aliphatic rings. The first-order chi connectivity index (χ1) is 35.9. The van der Waals surface area contributed by atoms with Crippen molar-refractivity contribution in [2.24, 2.45) is 0 Å². The van der Waals surface area contributed by atoms with Gasteiger partial charge in [0.25, 0.3) is 10.1 Å². The van der Waals surface area contributed by atoms with Crippen LogP contribution < -0.4 is 16.0 Å². The van der Waals surface area contributed by atoms with Crippen LogP contribution in [0.1, 0.15) is 136 Å². The van der Waals surface area contributed by atoms with Crippen LogP contribution in [0, 0.1) is 66.1 Å². The Morgan fingerprint density at radius 3 is 1.92 bits per heavy atom. The SMILES string of the molecule is CC#CCCN1CCN(CCS(=O)(=O)O)CC1.CC#CCCNC(=O)CCCCC1SCC2NC(=O)NC21.CC#CCCOCCCCCCCl.CC#CCCc1nnc(C)nn1.CC#CCCc1nncnn1. The van der Waals surface area contributed by atoms with Gasteiger partial charge in [0.1, 0.15) is 0 Å². The van der Waals surface area contributed by atoms with Gasteiger partial charge in [-0.2, -0.15) is 20.2 Å². The summed E-state index contributed by atoms with van der Waals surface area (Å²) in [5.41, 5.74) is 0. The van der Waals surface area contributed by atoms with Gasteiger partial charge in [-0.25, -0.2) is 4.79 Å². The third-order valence-electron chi connectivity index (χ3n) is 10.8. The lowest BCUT2D eigenvalue weighted by Gasteiger charge is -2.34. The van der Waals surface area contributed by atoms with Gasteiger partial charge >= 0.3 is 6.03 Å². The molecule has 74 heavy (non-hydrogen) atoms. The summed E-state index contributed by atoms with van der Waals surface area (Å²) in [5, 5.41) is 39.3. The molecule has 5 heterocycles. The molecular weight excluding hydrogens is 1000 g/mol. The Bertz CT molecular complexity index is 2260. The number of hydrogen-bond donors (Lipinski definition) is 4. The fourth-order valence-corrected chi connectivity index (χ4v) is 9.12. The Hall–Kier alpha value is -5.15. The van der Waals surface area contributed by atoms with Crippen molar-refractivity contribution < 1.29 is 27.3 Å². The highest BCUT2D eigenvalue weighted by Crippen LogP contribution is 2.33. The number of piperazine rings is 1. The zero-order valence-corrected chi connectivity index (χ0v) is 46.9. The summed E-state index contributed by atoms with van der Waals surface area (Å²) in [6, 6.07) is 0.518. The van der Waals surface area contributed by atoms with Gasteiger partial charge in [0, 0.05) is 121 Å². The molecule has 22 heteroatoms. The lowest BCUT2D eigenvalue weighted by Crippen LogP contribution is -2.47. The van der Waals surface area contributed by atoms with Crippen molar-refractivity contribution in [3.8, 4) is 59.2 Å². The number of nitrogens with zero attached hydrogens (tertiary/aromatic N) is 10. The molecule has 3 amide bonds. The van der Waals surface area contributed by atoms with Crippen molar-refractivity contribution in [2.45, 2.75) is 155 Å². The van der Waals surface area contributed by atoms with Crippen LogP contribution in [0.4, 0.5) is 4.79 Å². The summed E-state index contributed by atoms with van der Waals surface area (Å²) in [6.07, 6.45) is 15.1. The number of hydrogen-bond acceptors (Lipinski definition) is 16. The van der Waals surface area contributed by atoms with E-state index in [0.717, 1.165) is 135 Å². The molecule has 5 rings (SSSR count). The van der Waals surface area contributed by atoms with E-state index >= 15 is 0 Å². The predicted molar refractivity (Wildman–Crippen MR) is 294 cm³/mol. The number of fused-ring (bicyclic) bond motifs is 1. The van der Waals surface area contributed by atoms with Gasteiger partial charge in [0.15, 0.2) is 23.8 Å². The molecule has 0 aliphatic carbocycles. The molecular formula is C52H80ClN13O6S2. The summed E-state index contributed by atoms with van der Waals surface area (Å²) in [4.78, 5) is 27.3. The molecule has 3 atom stereocenters. The van der Waals surface area contributed by atoms with Crippen LogP contribution in [-0.2, 0) is 32.5 Å². The van der Waals surface area contributed by atoms with Crippen LogP contribution >= 0.6 is 23.4 Å². The number of aryl methyl sites for hydroxylation is 3. The molecule has 0 bridgehead atoms. The lowest BCUT2D eigenvalue weighted by atomic mass is 10.0. The van der Waals surface area contributed by atoms with Crippen molar-refractivity contribution >= 4 is 45.4 Å². The highest BCUT2D eigenvalue weighted by atomic mass is 35.5. The number of ether oxygens (including phenoxy) is 1. The molecule has 2 aromatic heterocycles. The number of carbonyl (C=O) groups excluding carboxylic acids is 2. The van der Waals surface area contributed by atoms with E-state index in [9.17, 15) is 18.0 Å². The fraction of sp³-hybridized carbons (Fsp3) is 0.692. The van der Waals surface area contributed by atoms with Crippen molar-refractivity contribution in [3.05, 3.63) is 23.8 Å². The first-order valence-corrected chi connectivity index (χ1v) is 28.6. The molecule has 4 N–H and O–H groups in total. The molecule has 0 aromatic carbocycles. The summed E-state index contributed by atoms with van der Waals surface area (Å²) < 4.78 is 35.3.